The summed E-state index contributed by atoms with van der Waals surface area (Å²) in [6, 6.07) is 20.0. The Hall–Kier alpha value is -2.37. The number of sulfone groups is 1. The maximum absolute atomic E-state index is 12.6. The Morgan fingerprint density at radius 1 is 0.960 bits per heavy atom. The van der Waals surface area contributed by atoms with E-state index in [9.17, 15) is 8.42 Å². The highest BCUT2D eigenvalue weighted by Gasteiger charge is 2.19. The lowest BCUT2D eigenvalue weighted by molar-refractivity contribution is 0.594. The molecule has 0 atom stereocenters. The molecule has 0 amide bonds. The number of nitrogens with zero attached hydrogens (tertiary/aromatic N) is 1. The monoisotopic (exact) mass is 372 g/mol. The lowest BCUT2D eigenvalue weighted by atomic mass is 10.2. The van der Waals surface area contributed by atoms with Crippen LogP contribution in [0.4, 0.5) is 5.69 Å². The van der Waals surface area contributed by atoms with E-state index < -0.39 is 9.84 Å². The molecule has 0 bridgehead atoms. The van der Waals surface area contributed by atoms with Gasteiger partial charge in [-0.25, -0.2) is 8.42 Å². The fourth-order valence-corrected chi connectivity index (χ4v) is 4.30. The van der Waals surface area contributed by atoms with Crippen molar-refractivity contribution in [2.45, 2.75) is 17.2 Å². The summed E-state index contributed by atoms with van der Waals surface area (Å²) in [5.41, 5.74) is 2.39. The molecule has 0 fully saturated rings. The molecule has 0 aliphatic heterocycles. The molecule has 1 heterocycles. The van der Waals surface area contributed by atoms with Crippen molar-refractivity contribution in [3.05, 3.63) is 89.2 Å². The molecule has 25 heavy (non-hydrogen) atoms. The molecule has 0 aliphatic rings. The van der Waals surface area contributed by atoms with E-state index in [4.69, 9.17) is 11.6 Å². The summed E-state index contributed by atoms with van der Waals surface area (Å²) in [6.07, 6.45) is 1.57. The first-order chi connectivity index (χ1) is 12.0. The summed E-state index contributed by atoms with van der Waals surface area (Å²) in [5, 5.41) is 3.44. The van der Waals surface area contributed by atoms with Crippen molar-refractivity contribution in [2.24, 2.45) is 0 Å². The Morgan fingerprint density at radius 3 is 2.40 bits per heavy atom. The molecule has 2 aromatic carbocycles. The van der Waals surface area contributed by atoms with E-state index >= 15 is 0 Å². The zero-order valence-corrected chi connectivity index (χ0v) is 15.0. The van der Waals surface area contributed by atoms with Crippen molar-refractivity contribution in [1.29, 1.82) is 0 Å². The van der Waals surface area contributed by atoms with Crippen LogP contribution in [0.5, 0.6) is 0 Å². The van der Waals surface area contributed by atoms with Gasteiger partial charge >= 0.3 is 0 Å². The third-order valence-electron chi connectivity index (χ3n) is 3.67. The van der Waals surface area contributed by atoms with Crippen LogP contribution in [-0.2, 0) is 22.1 Å². The Morgan fingerprint density at radius 2 is 1.72 bits per heavy atom. The number of hydrogen-bond donors (Lipinski definition) is 1. The van der Waals surface area contributed by atoms with Gasteiger partial charge in [0, 0.05) is 18.4 Å². The molecule has 0 saturated heterocycles. The van der Waals surface area contributed by atoms with Crippen LogP contribution in [0, 0.1) is 0 Å². The largest absolute Gasteiger partial charge is 0.381 e. The van der Waals surface area contributed by atoms with E-state index in [0.717, 1.165) is 11.3 Å². The maximum Gasteiger partial charge on any atom is 0.185 e. The SMILES string of the molecule is O=S(=O)(Cc1ccccn1)c1ccc(NCc2ccccc2)cc1Cl. The zero-order valence-electron chi connectivity index (χ0n) is 13.4. The van der Waals surface area contributed by atoms with E-state index in [2.05, 4.69) is 10.3 Å². The van der Waals surface area contributed by atoms with Crippen LogP contribution in [0.1, 0.15) is 11.3 Å². The lowest BCUT2D eigenvalue weighted by Gasteiger charge is -2.10. The van der Waals surface area contributed by atoms with Crippen molar-refractivity contribution in [3.8, 4) is 0 Å². The number of rotatable bonds is 6. The molecule has 128 valence electrons. The minimum Gasteiger partial charge on any atom is -0.381 e. The summed E-state index contributed by atoms with van der Waals surface area (Å²) in [5.74, 6) is -0.176. The molecule has 3 aromatic rings. The first-order valence-corrected chi connectivity index (χ1v) is 9.78. The highest BCUT2D eigenvalue weighted by molar-refractivity contribution is 7.90. The summed E-state index contributed by atoms with van der Waals surface area (Å²) in [7, 11) is -3.55. The molecule has 3 rings (SSSR count). The van der Waals surface area contributed by atoms with E-state index in [-0.39, 0.29) is 15.7 Å². The quantitative estimate of drug-likeness (QED) is 0.700. The molecule has 0 spiro atoms. The molecular weight excluding hydrogens is 356 g/mol. The zero-order chi connectivity index (χ0) is 17.7. The van der Waals surface area contributed by atoms with Gasteiger partial charge in [0.05, 0.1) is 21.4 Å². The molecule has 6 heteroatoms. The average Bonchev–Trinajstić information content (AvgIpc) is 2.61. The second-order valence-corrected chi connectivity index (χ2v) is 7.93. The minimum absolute atomic E-state index is 0.116. The topological polar surface area (TPSA) is 59.1 Å². The van der Waals surface area contributed by atoms with Crippen LogP contribution >= 0.6 is 11.6 Å². The predicted molar refractivity (Wildman–Crippen MR) is 100 cm³/mol. The van der Waals surface area contributed by atoms with E-state index in [0.29, 0.717) is 12.2 Å². The van der Waals surface area contributed by atoms with E-state index in [1.165, 1.54) is 6.07 Å². The third kappa shape index (κ3) is 4.59. The number of benzene rings is 2. The summed E-state index contributed by atoms with van der Waals surface area (Å²) in [6.45, 7) is 0.636. The van der Waals surface area contributed by atoms with Crippen molar-refractivity contribution in [2.75, 3.05) is 5.32 Å². The fraction of sp³-hybridized carbons (Fsp3) is 0.105. The van der Waals surface area contributed by atoms with Gasteiger partial charge in [0.2, 0.25) is 0 Å². The Labute approximate surface area is 152 Å². The lowest BCUT2D eigenvalue weighted by Crippen LogP contribution is -2.07. The highest BCUT2D eigenvalue weighted by Crippen LogP contribution is 2.27. The van der Waals surface area contributed by atoms with Crippen molar-refractivity contribution >= 4 is 27.1 Å². The second-order valence-electron chi connectivity index (χ2n) is 5.56. The van der Waals surface area contributed by atoms with Gasteiger partial charge in [-0.3, -0.25) is 4.98 Å². The van der Waals surface area contributed by atoms with Crippen LogP contribution in [-0.4, -0.2) is 13.4 Å². The number of pyridine rings is 1. The Balaban J connectivity index is 1.75. The van der Waals surface area contributed by atoms with Crippen LogP contribution in [0.15, 0.2) is 77.8 Å². The van der Waals surface area contributed by atoms with Gasteiger partial charge in [-0.2, -0.15) is 0 Å². The summed E-state index contributed by atoms with van der Waals surface area (Å²) >= 11 is 6.22. The number of nitrogens with one attached hydrogen (secondary N) is 1. The van der Waals surface area contributed by atoms with Crippen LogP contribution in [0.25, 0.3) is 0 Å². The highest BCUT2D eigenvalue weighted by atomic mass is 35.5. The average molecular weight is 373 g/mol. The number of anilines is 1. The first kappa shape index (κ1) is 17.5. The first-order valence-electron chi connectivity index (χ1n) is 7.74. The van der Waals surface area contributed by atoms with Gasteiger partial charge in [-0.05, 0) is 35.9 Å². The molecule has 1 aromatic heterocycles. The second kappa shape index (κ2) is 7.68. The Bertz CT molecular complexity index is 946. The van der Waals surface area contributed by atoms with Gasteiger partial charge in [0.1, 0.15) is 0 Å². The molecule has 0 radical (unpaired) electrons. The van der Waals surface area contributed by atoms with Crippen LogP contribution < -0.4 is 5.32 Å². The molecular formula is C19H17ClN2O2S. The van der Waals surface area contributed by atoms with Gasteiger partial charge in [-0.1, -0.05) is 48.0 Å². The standard InChI is InChI=1S/C19H17ClN2O2S/c20-18-12-16(22-13-15-6-2-1-3-7-15)9-10-19(18)25(23,24)14-17-8-4-5-11-21-17/h1-12,22H,13-14H2. The van der Waals surface area contributed by atoms with Gasteiger partial charge < -0.3 is 5.32 Å². The summed E-state index contributed by atoms with van der Waals surface area (Å²) < 4.78 is 25.1. The normalized spacial score (nSPS) is 11.2. The minimum atomic E-state index is -3.55. The van der Waals surface area contributed by atoms with Crippen molar-refractivity contribution < 1.29 is 8.42 Å². The van der Waals surface area contributed by atoms with Crippen molar-refractivity contribution in [3.63, 3.8) is 0 Å². The smallest absolute Gasteiger partial charge is 0.185 e. The third-order valence-corrected chi connectivity index (χ3v) is 5.80. The Kier molecular flexibility index (Phi) is 5.36. The summed E-state index contributed by atoms with van der Waals surface area (Å²) in [4.78, 5) is 4.18. The number of hydrogen-bond acceptors (Lipinski definition) is 4. The molecule has 0 unspecified atom stereocenters. The van der Waals surface area contributed by atoms with Crippen LogP contribution in [0.2, 0.25) is 5.02 Å². The van der Waals surface area contributed by atoms with Crippen molar-refractivity contribution in [1.82, 2.24) is 4.98 Å². The number of aromatic nitrogens is 1. The van der Waals surface area contributed by atoms with E-state index in [1.54, 1.807) is 36.5 Å². The molecule has 1 N–H and O–H groups in total. The van der Waals surface area contributed by atoms with Gasteiger partial charge in [-0.15, -0.1) is 0 Å². The maximum atomic E-state index is 12.6. The van der Waals surface area contributed by atoms with Gasteiger partial charge in [0.25, 0.3) is 0 Å². The van der Waals surface area contributed by atoms with E-state index in [1.807, 2.05) is 30.3 Å². The fourth-order valence-electron chi connectivity index (χ4n) is 2.42. The molecule has 0 aliphatic carbocycles. The molecule has 4 nitrogen and oxygen atoms in total. The van der Waals surface area contributed by atoms with Gasteiger partial charge in [0.15, 0.2) is 9.84 Å². The van der Waals surface area contributed by atoms with Crippen LogP contribution in [0.3, 0.4) is 0 Å². The number of halogens is 1. The molecule has 0 saturated carbocycles. The predicted octanol–water partition coefficient (Wildman–Crippen LogP) is 4.32.